The van der Waals surface area contributed by atoms with Crippen LogP contribution in [0.3, 0.4) is 0 Å². The van der Waals surface area contributed by atoms with E-state index in [1.807, 2.05) is 30.3 Å². The number of benzene rings is 1. The second-order valence-corrected chi connectivity index (χ2v) is 6.48. The summed E-state index contributed by atoms with van der Waals surface area (Å²) in [6, 6.07) is 14.3. The molecule has 3 rings (SSSR count). The minimum absolute atomic E-state index is 0. The van der Waals surface area contributed by atoms with Gasteiger partial charge in [-0.15, -0.1) is 28.8 Å². The van der Waals surface area contributed by atoms with Gasteiger partial charge in [0.2, 0.25) is 5.89 Å². The van der Waals surface area contributed by atoms with Crippen molar-refractivity contribution in [3.8, 4) is 0 Å². The molecule has 122 valence electrons. The number of nitrogens with one attached hydrogen (secondary N) is 1. The smallest absolute Gasteiger partial charge is 0.315 e. The Hall–Kier alpha value is -1.89. The highest BCUT2D eigenvalue weighted by molar-refractivity contribution is 7.11. The maximum atomic E-state index is 6.13. The van der Waals surface area contributed by atoms with Gasteiger partial charge in [0.05, 0.1) is 12.6 Å². The lowest BCUT2D eigenvalue weighted by Crippen LogP contribution is -2.13. The Morgan fingerprint density at radius 3 is 2.65 bits per heavy atom. The van der Waals surface area contributed by atoms with E-state index in [0.29, 0.717) is 24.9 Å². The average molecular weight is 351 g/mol. The molecule has 3 N–H and O–H groups in total. The van der Waals surface area contributed by atoms with Crippen LogP contribution >= 0.6 is 23.7 Å². The predicted molar refractivity (Wildman–Crippen MR) is 95.0 cm³/mol. The van der Waals surface area contributed by atoms with Gasteiger partial charge in [0, 0.05) is 9.75 Å². The van der Waals surface area contributed by atoms with Crippen molar-refractivity contribution in [2.24, 2.45) is 5.73 Å². The molecular formula is C16H19ClN4OS. The third-order valence-corrected chi connectivity index (χ3v) is 4.27. The van der Waals surface area contributed by atoms with Crippen LogP contribution in [0.2, 0.25) is 0 Å². The lowest BCUT2D eigenvalue weighted by molar-refractivity contribution is 0.457. The van der Waals surface area contributed by atoms with Gasteiger partial charge in [-0.25, -0.2) is 0 Å². The number of aryl methyl sites for hydroxylation is 1. The Morgan fingerprint density at radius 1 is 1.17 bits per heavy atom. The van der Waals surface area contributed by atoms with Crippen LogP contribution in [0, 0.1) is 6.92 Å². The van der Waals surface area contributed by atoms with E-state index in [1.165, 1.54) is 9.75 Å². The van der Waals surface area contributed by atoms with E-state index in [1.54, 1.807) is 11.3 Å². The van der Waals surface area contributed by atoms with Crippen LogP contribution in [0.5, 0.6) is 0 Å². The first-order valence-electron chi connectivity index (χ1n) is 7.13. The maximum Gasteiger partial charge on any atom is 0.315 e. The van der Waals surface area contributed by atoms with E-state index in [0.717, 1.165) is 5.56 Å². The monoisotopic (exact) mass is 350 g/mol. The quantitative estimate of drug-likeness (QED) is 0.708. The summed E-state index contributed by atoms with van der Waals surface area (Å²) in [4.78, 5) is 2.51. The van der Waals surface area contributed by atoms with Crippen LogP contribution < -0.4 is 11.1 Å². The van der Waals surface area contributed by atoms with Gasteiger partial charge in [-0.2, -0.15) is 0 Å². The third kappa shape index (κ3) is 4.79. The van der Waals surface area contributed by atoms with Crippen LogP contribution in [0.25, 0.3) is 0 Å². The number of nitrogens with zero attached hydrogens (tertiary/aromatic N) is 2. The van der Waals surface area contributed by atoms with Crippen LogP contribution in [-0.2, 0) is 13.0 Å². The number of thiophene rings is 1. The van der Waals surface area contributed by atoms with Crippen molar-refractivity contribution in [3.05, 3.63) is 63.7 Å². The molecule has 0 aliphatic rings. The van der Waals surface area contributed by atoms with Gasteiger partial charge >= 0.3 is 6.01 Å². The molecule has 7 heteroatoms. The first-order valence-corrected chi connectivity index (χ1v) is 7.94. The van der Waals surface area contributed by atoms with E-state index in [2.05, 4.69) is 34.6 Å². The normalized spacial score (nSPS) is 11.7. The van der Waals surface area contributed by atoms with Crippen LogP contribution in [0.4, 0.5) is 6.01 Å². The number of aromatic nitrogens is 2. The van der Waals surface area contributed by atoms with E-state index in [4.69, 9.17) is 10.2 Å². The molecule has 2 aromatic heterocycles. The molecule has 5 nitrogen and oxygen atoms in total. The Bertz CT molecular complexity index is 729. The van der Waals surface area contributed by atoms with E-state index in [-0.39, 0.29) is 18.4 Å². The van der Waals surface area contributed by atoms with Crippen LogP contribution in [0.1, 0.15) is 27.3 Å². The number of nitrogens with two attached hydrogens (primary N) is 1. The maximum absolute atomic E-state index is 6.13. The molecule has 1 aromatic carbocycles. The van der Waals surface area contributed by atoms with Crippen molar-refractivity contribution in [2.75, 3.05) is 5.32 Å². The van der Waals surface area contributed by atoms with Crippen molar-refractivity contribution < 1.29 is 4.42 Å². The lowest BCUT2D eigenvalue weighted by atomic mass is 10.1. The zero-order valence-electron chi connectivity index (χ0n) is 12.7. The molecule has 0 bridgehead atoms. The van der Waals surface area contributed by atoms with Gasteiger partial charge in [-0.3, -0.25) is 0 Å². The summed E-state index contributed by atoms with van der Waals surface area (Å²) < 4.78 is 5.59. The zero-order valence-corrected chi connectivity index (χ0v) is 14.4. The van der Waals surface area contributed by atoms with Crippen molar-refractivity contribution in [1.29, 1.82) is 0 Å². The highest BCUT2D eigenvalue weighted by atomic mass is 35.5. The lowest BCUT2D eigenvalue weighted by Gasteiger charge is -2.06. The summed E-state index contributed by atoms with van der Waals surface area (Å²) in [7, 11) is 0. The van der Waals surface area contributed by atoms with Gasteiger partial charge in [-0.1, -0.05) is 35.4 Å². The number of rotatable bonds is 6. The summed E-state index contributed by atoms with van der Waals surface area (Å²) in [6.07, 6.45) is 0.673. The van der Waals surface area contributed by atoms with Crippen molar-refractivity contribution in [1.82, 2.24) is 10.2 Å². The first-order chi connectivity index (χ1) is 10.7. The number of anilines is 1. The molecule has 3 aromatic rings. The Morgan fingerprint density at radius 2 is 1.96 bits per heavy atom. The third-order valence-electron chi connectivity index (χ3n) is 3.27. The molecule has 0 saturated carbocycles. The fourth-order valence-corrected chi connectivity index (χ4v) is 2.98. The van der Waals surface area contributed by atoms with Crippen LogP contribution in [-0.4, -0.2) is 10.2 Å². The van der Waals surface area contributed by atoms with Gasteiger partial charge in [0.1, 0.15) is 0 Å². The topological polar surface area (TPSA) is 77.0 Å². The van der Waals surface area contributed by atoms with Crippen molar-refractivity contribution in [2.45, 2.75) is 25.9 Å². The van der Waals surface area contributed by atoms with Crippen molar-refractivity contribution >= 4 is 29.8 Å². The molecule has 0 aliphatic carbocycles. The van der Waals surface area contributed by atoms with Gasteiger partial charge in [0.25, 0.3) is 0 Å². The molecular weight excluding hydrogens is 332 g/mol. The van der Waals surface area contributed by atoms with Crippen LogP contribution in [0.15, 0.2) is 46.9 Å². The standard InChI is InChI=1S/C16H18N4OS.ClH/c1-11-7-8-13(22-11)10-18-16-20-19-15(21-16)14(17)9-12-5-3-2-4-6-12;/h2-8,14H,9-10,17H2,1H3,(H,18,20);1H/t14-;/m1./s1. The molecule has 0 saturated heterocycles. The molecule has 0 radical (unpaired) electrons. The molecule has 0 unspecified atom stereocenters. The largest absolute Gasteiger partial charge is 0.406 e. The molecule has 0 aliphatic heterocycles. The summed E-state index contributed by atoms with van der Waals surface area (Å²) in [5.74, 6) is 0.453. The van der Waals surface area contributed by atoms with E-state index < -0.39 is 0 Å². The molecule has 0 fully saturated rings. The molecule has 1 atom stereocenters. The highest BCUT2D eigenvalue weighted by Gasteiger charge is 2.15. The second-order valence-electron chi connectivity index (χ2n) is 5.11. The fourth-order valence-electron chi connectivity index (χ4n) is 2.15. The molecule has 0 spiro atoms. The fraction of sp³-hybridized carbons (Fsp3) is 0.250. The zero-order chi connectivity index (χ0) is 15.4. The summed E-state index contributed by atoms with van der Waals surface area (Å²) in [5.41, 5.74) is 7.28. The average Bonchev–Trinajstić information content (AvgIpc) is 3.15. The predicted octanol–water partition coefficient (Wildman–Crippen LogP) is 3.72. The Balaban J connectivity index is 0.00000192. The number of halogens is 1. The van der Waals surface area contributed by atoms with Gasteiger partial charge in [0.15, 0.2) is 0 Å². The summed E-state index contributed by atoms with van der Waals surface area (Å²) in [6.45, 7) is 2.76. The first kappa shape index (κ1) is 17.5. The molecule has 2 heterocycles. The second kappa shape index (κ2) is 8.10. The SMILES string of the molecule is Cc1ccc(CNc2nnc([C@H](N)Cc3ccccc3)o2)s1.Cl. The Labute approximate surface area is 145 Å². The number of hydrogen-bond acceptors (Lipinski definition) is 6. The highest BCUT2D eigenvalue weighted by Crippen LogP contribution is 2.19. The van der Waals surface area contributed by atoms with E-state index in [9.17, 15) is 0 Å². The van der Waals surface area contributed by atoms with Gasteiger partial charge in [-0.05, 0) is 31.0 Å². The van der Waals surface area contributed by atoms with E-state index >= 15 is 0 Å². The minimum atomic E-state index is -0.297. The summed E-state index contributed by atoms with van der Waals surface area (Å²) >= 11 is 1.74. The molecule has 0 amide bonds. The number of hydrogen-bond donors (Lipinski definition) is 2. The Kier molecular flexibility index (Phi) is 6.15. The van der Waals surface area contributed by atoms with Crippen molar-refractivity contribution in [3.63, 3.8) is 0 Å². The summed E-state index contributed by atoms with van der Waals surface area (Å²) in [5, 5.41) is 11.2. The minimum Gasteiger partial charge on any atom is -0.406 e. The van der Waals surface area contributed by atoms with Gasteiger partial charge < -0.3 is 15.5 Å². The molecule has 23 heavy (non-hydrogen) atoms.